The van der Waals surface area contributed by atoms with Crippen molar-refractivity contribution < 1.29 is 0 Å². The van der Waals surface area contributed by atoms with Crippen LogP contribution in [0.1, 0.15) is 12.8 Å². The second-order valence-electron chi connectivity index (χ2n) is 3.75. The summed E-state index contributed by atoms with van der Waals surface area (Å²) in [5, 5.41) is 4.17. The number of hydrogen-bond donors (Lipinski definition) is 2. The molecule has 0 aliphatic carbocycles. The molecule has 2 rings (SSSR count). The van der Waals surface area contributed by atoms with E-state index in [0.29, 0.717) is 0 Å². The van der Waals surface area contributed by atoms with Gasteiger partial charge in [-0.05, 0) is 36.8 Å². The molecule has 0 saturated carbocycles. The molecule has 0 amide bonds. The Balaban J connectivity index is 1.94. The molecule has 1 aliphatic heterocycles. The summed E-state index contributed by atoms with van der Waals surface area (Å²) in [5.41, 5.74) is 7.74. The van der Waals surface area contributed by atoms with Crippen LogP contribution in [0.25, 0.3) is 0 Å². The minimum absolute atomic E-state index is 0.753. The van der Waals surface area contributed by atoms with E-state index in [1.54, 1.807) is 0 Å². The van der Waals surface area contributed by atoms with E-state index >= 15 is 0 Å². The van der Waals surface area contributed by atoms with Crippen LogP contribution in [0, 0.1) is 0 Å². The highest BCUT2D eigenvalue weighted by atomic mass is 79.9. The molecule has 1 unspecified atom stereocenters. The average Bonchev–Trinajstić information content (AvgIpc) is 2.72. The van der Waals surface area contributed by atoms with Gasteiger partial charge < -0.3 is 11.1 Å². The third-order valence-corrected chi connectivity index (χ3v) is 4.45. The third-order valence-electron chi connectivity index (χ3n) is 2.56. The SMILES string of the molecule is Nc1ccc(Br)cc1NCC1CCCS1. The monoisotopic (exact) mass is 286 g/mol. The molecule has 0 radical (unpaired) electrons. The van der Waals surface area contributed by atoms with Gasteiger partial charge in [0.15, 0.2) is 0 Å². The van der Waals surface area contributed by atoms with E-state index in [2.05, 4.69) is 33.0 Å². The van der Waals surface area contributed by atoms with Crippen molar-refractivity contribution in [2.24, 2.45) is 0 Å². The van der Waals surface area contributed by atoms with E-state index in [4.69, 9.17) is 5.73 Å². The molecule has 1 heterocycles. The minimum atomic E-state index is 0.753. The van der Waals surface area contributed by atoms with Crippen molar-refractivity contribution in [3.05, 3.63) is 22.7 Å². The predicted molar refractivity (Wildman–Crippen MR) is 72.5 cm³/mol. The lowest BCUT2D eigenvalue weighted by atomic mass is 10.2. The molecule has 0 aromatic heterocycles. The van der Waals surface area contributed by atoms with E-state index in [1.165, 1.54) is 18.6 Å². The van der Waals surface area contributed by atoms with E-state index in [1.807, 2.05) is 18.2 Å². The number of benzene rings is 1. The van der Waals surface area contributed by atoms with Crippen molar-refractivity contribution >= 4 is 39.1 Å². The molecule has 0 bridgehead atoms. The van der Waals surface area contributed by atoms with Crippen LogP contribution >= 0.6 is 27.7 Å². The smallest absolute Gasteiger partial charge is 0.0585 e. The zero-order valence-corrected chi connectivity index (χ0v) is 10.9. The summed E-state index contributed by atoms with van der Waals surface area (Å²) in [6, 6.07) is 5.92. The molecule has 1 saturated heterocycles. The normalized spacial score (nSPS) is 20.5. The molecule has 1 aromatic carbocycles. The van der Waals surface area contributed by atoms with Crippen molar-refractivity contribution in [2.45, 2.75) is 18.1 Å². The Morgan fingerprint density at radius 3 is 3.13 bits per heavy atom. The first-order chi connectivity index (χ1) is 7.25. The van der Waals surface area contributed by atoms with Gasteiger partial charge in [-0.2, -0.15) is 11.8 Å². The van der Waals surface area contributed by atoms with Gasteiger partial charge in [0.1, 0.15) is 0 Å². The zero-order valence-electron chi connectivity index (χ0n) is 8.50. The number of rotatable bonds is 3. The summed E-state index contributed by atoms with van der Waals surface area (Å²) < 4.78 is 1.07. The summed E-state index contributed by atoms with van der Waals surface area (Å²) in [6.45, 7) is 1.02. The fourth-order valence-electron chi connectivity index (χ4n) is 1.71. The van der Waals surface area contributed by atoms with Crippen LogP contribution in [0.5, 0.6) is 0 Å². The fourth-order valence-corrected chi connectivity index (χ4v) is 3.27. The lowest BCUT2D eigenvalue weighted by molar-refractivity contribution is 0.805. The molecule has 82 valence electrons. The van der Waals surface area contributed by atoms with Crippen LogP contribution in [-0.2, 0) is 0 Å². The number of hydrogen-bond acceptors (Lipinski definition) is 3. The van der Waals surface area contributed by atoms with Crippen molar-refractivity contribution in [3.8, 4) is 0 Å². The summed E-state index contributed by atoms with van der Waals surface area (Å²) in [5.74, 6) is 1.31. The first kappa shape index (κ1) is 11.1. The van der Waals surface area contributed by atoms with Crippen LogP contribution < -0.4 is 11.1 Å². The van der Waals surface area contributed by atoms with Crippen LogP contribution in [0.3, 0.4) is 0 Å². The van der Waals surface area contributed by atoms with Crippen LogP contribution in [0.15, 0.2) is 22.7 Å². The Morgan fingerprint density at radius 2 is 2.40 bits per heavy atom. The van der Waals surface area contributed by atoms with Gasteiger partial charge in [0.25, 0.3) is 0 Å². The van der Waals surface area contributed by atoms with Crippen molar-refractivity contribution in [2.75, 3.05) is 23.3 Å². The standard InChI is InChI=1S/C11H15BrN2S/c12-8-3-4-10(13)11(6-8)14-7-9-2-1-5-15-9/h3-4,6,9,14H,1-2,5,7,13H2. The average molecular weight is 287 g/mol. The van der Waals surface area contributed by atoms with Crippen LogP contribution in [0.4, 0.5) is 11.4 Å². The molecule has 1 atom stereocenters. The molecule has 1 aliphatic rings. The number of anilines is 2. The Kier molecular flexibility index (Phi) is 3.81. The highest BCUT2D eigenvalue weighted by Crippen LogP contribution is 2.28. The Labute approximate surface area is 103 Å². The highest BCUT2D eigenvalue weighted by molar-refractivity contribution is 9.10. The Morgan fingerprint density at radius 1 is 1.53 bits per heavy atom. The summed E-state index contributed by atoms with van der Waals surface area (Å²) in [7, 11) is 0. The van der Waals surface area contributed by atoms with E-state index in [9.17, 15) is 0 Å². The lowest BCUT2D eigenvalue weighted by Gasteiger charge is -2.13. The van der Waals surface area contributed by atoms with Crippen molar-refractivity contribution in [3.63, 3.8) is 0 Å². The van der Waals surface area contributed by atoms with Crippen LogP contribution in [0.2, 0.25) is 0 Å². The number of nitrogens with one attached hydrogen (secondary N) is 1. The largest absolute Gasteiger partial charge is 0.397 e. The molecule has 4 heteroatoms. The maximum atomic E-state index is 5.88. The maximum absolute atomic E-state index is 5.88. The van der Waals surface area contributed by atoms with Gasteiger partial charge in [-0.25, -0.2) is 0 Å². The minimum Gasteiger partial charge on any atom is -0.397 e. The first-order valence-corrected chi connectivity index (χ1v) is 7.00. The molecule has 15 heavy (non-hydrogen) atoms. The fraction of sp³-hybridized carbons (Fsp3) is 0.455. The molecule has 0 spiro atoms. The Bertz CT molecular complexity index is 337. The molecule has 2 nitrogen and oxygen atoms in total. The van der Waals surface area contributed by atoms with Gasteiger partial charge in [0, 0.05) is 16.3 Å². The second kappa shape index (κ2) is 5.12. The van der Waals surface area contributed by atoms with Crippen LogP contribution in [-0.4, -0.2) is 17.5 Å². The molecular formula is C11H15BrN2S. The van der Waals surface area contributed by atoms with Gasteiger partial charge in [0.2, 0.25) is 0 Å². The van der Waals surface area contributed by atoms with Gasteiger partial charge in [-0.3, -0.25) is 0 Å². The van der Waals surface area contributed by atoms with Gasteiger partial charge in [-0.15, -0.1) is 0 Å². The lowest BCUT2D eigenvalue weighted by Crippen LogP contribution is -2.14. The zero-order chi connectivity index (χ0) is 10.7. The van der Waals surface area contributed by atoms with Crippen molar-refractivity contribution in [1.82, 2.24) is 0 Å². The molecule has 3 N–H and O–H groups in total. The molecule has 1 fully saturated rings. The maximum Gasteiger partial charge on any atom is 0.0585 e. The topological polar surface area (TPSA) is 38.0 Å². The van der Waals surface area contributed by atoms with E-state index in [-0.39, 0.29) is 0 Å². The molecular weight excluding hydrogens is 272 g/mol. The number of halogens is 1. The molecule has 1 aromatic rings. The van der Waals surface area contributed by atoms with E-state index < -0.39 is 0 Å². The van der Waals surface area contributed by atoms with Gasteiger partial charge in [0.05, 0.1) is 11.4 Å². The summed E-state index contributed by atoms with van der Waals surface area (Å²) in [4.78, 5) is 0. The van der Waals surface area contributed by atoms with Gasteiger partial charge in [-0.1, -0.05) is 15.9 Å². The van der Waals surface area contributed by atoms with Gasteiger partial charge >= 0.3 is 0 Å². The first-order valence-electron chi connectivity index (χ1n) is 5.16. The second-order valence-corrected chi connectivity index (χ2v) is 6.07. The predicted octanol–water partition coefficient (Wildman–Crippen LogP) is 3.34. The Hall–Kier alpha value is -0.350. The highest BCUT2D eigenvalue weighted by Gasteiger charge is 2.15. The number of nitrogens with two attached hydrogens (primary N) is 1. The van der Waals surface area contributed by atoms with Crippen molar-refractivity contribution in [1.29, 1.82) is 0 Å². The summed E-state index contributed by atoms with van der Waals surface area (Å²) >= 11 is 5.51. The van der Waals surface area contributed by atoms with E-state index in [0.717, 1.165) is 27.6 Å². The number of nitrogen functional groups attached to an aromatic ring is 1. The third kappa shape index (κ3) is 3.05. The quantitative estimate of drug-likeness (QED) is 0.837. The number of thioether (sulfide) groups is 1. The summed E-state index contributed by atoms with van der Waals surface area (Å²) in [6.07, 6.45) is 2.68.